The number of aromatic carboxylic acids is 1. The van der Waals surface area contributed by atoms with Crippen LogP contribution in [-0.4, -0.2) is 32.7 Å². The number of carboxylic acid groups (broad SMARTS) is 1. The Kier molecular flexibility index (Phi) is 2.03. The summed E-state index contributed by atoms with van der Waals surface area (Å²) in [4.78, 5) is 14.9. The molecule has 6 heteroatoms. The summed E-state index contributed by atoms with van der Waals surface area (Å²) < 4.78 is 1.47. The minimum Gasteiger partial charge on any atom is -0.476 e. The van der Waals surface area contributed by atoms with E-state index < -0.39 is 5.97 Å². The first-order valence-electron chi connectivity index (χ1n) is 4.40. The number of hydrogen-bond acceptors (Lipinski definition) is 4. The lowest BCUT2D eigenvalue weighted by Gasteiger charge is -2.03. The molecule has 78 valence electrons. The molecule has 6 nitrogen and oxygen atoms in total. The maximum Gasteiger partial charge on any atom is 0.356 e. The second-order valence-electron chi connectivity index (χ2n) is 3.14. The standard InChI is InChI=1S/C9H10N4O2/c1-5-3-7(10-2)13-8(11-5)4-6(12-13)9(14)15/h3-4,10H,1-2H3,(H,14,15). The fourth-order valence-electron chi connectivity index (χ4n) is 1.38. The van der Waals surface area contributed by atoms with Gasteiger partial charge in [-0.15, -0.1) is 0 Å². The second-order valence-corrected chi connectivity index (χ2v) is 3.14. The number of nitrogens with zero attached hydrogens (tertiary/aromatic N) is 3. The molecule has 0 aliphatic carbocycles. The Bertz CT molecular complexity index is 532. The molecule has 0 aromatic carbocycles. The van der Waals surface area contributed by atoms with Crippen LogP contribution in [0.15, 0.2) is 12.1 Å². The van der Waals surface area contributed by atoms with Crippen molar-refractivity contribution in [2.75, 3.05) is 12.4 Å². The second kappa shape index (κ2) is 3.23. The van der Waals surface area contributed by atoms with E-state index in [2.05, 4.69) is 15.4 Å². The van der Waals surface area contributed by atoms with Gasteiger partial charge in [0.25, 0.3) is 0 Å². The van der Waals surface area contributed by atoms with Gasteiger partial charge in [0, 0.05) is 24.9 Å². The highest BCUT2D eigenvalue weighted by atomic mass is 16.4. The molecule has 2 rings (SSSR count). The molecule has 0 bridgehead atoms. The van der Waals surface area contributed by atoms with Crippen LogP contribution in [0.3, 0.4) is 0 Å². The summed E-state index contributed by atoms with van der Waals surface area (Å²) in [6.45, 7) is 1.84. The lowest BCUT2D eigenvalue weighted by atomic mass is 10.4. The third-order valence-electron chi connectivity index (χ3n) is 2.03. The number of hydrogen-bond donors (Lipinski definition) is 2. The summed E-state index contributed by atoms with van der Waals surface area (Å²) in [5.74, 6) is -0.342. The van der Waals surface area contributed by atoms with Gasteiger partial charge < -0.3 is 10.4 Å². The minimum absolute atomic E-state index is 0.00963. The Morgan fingerprint density at radius 2 is 2.27 bits per heavy atom. The highest BCUT2D eigenvalue weighted by Gasteiger charge is 2.11. The van der Waals surface area contributed by atoms with Crippen LogP contribution in [0.1, 0.15) is 16.2 Å². The third kappa shape index (κ3) is 1.50. The molecule has 0 fully saturated rings. The first-order valence-corrected chi connectivity index (χ1v) is 4.40. The Balaban J connectivity index is 2.74. The van der Waals surface area contributed by atoms with Gasteiger partial charge in [0.15, 0.2) is 11.3 Å². The van der Waals surface area contributed by atoms with Crippen LogP contribution in [0.4, 0.5) is 5.82 Å². The van der Waals surface area contributed by atoms with Crippen LogP contribution in [0.5, 0.6) is 0 Å². The average molecular weight is 206 g/mol. The molecule has 0 saturated carbocycles. The summed E-state index contributed by atoms with van der Waals surface area (Å²) in [7, 11) is 1.75. The van der Waals surface area contributed by atoms with Crippen molar-refractivity contribution >= 4 is 17.4 Å². The Morgan fingerprint density at radius 3 is 2.87 bits per heavy atom. The number of carbonyl (C=O) groups is 1. The smallest absolute Gasteiger partial charge is 0.356 e. The lowest BCUT2D eigenvalue weighted by Crippen LogP contribution is -2.03. The van der Waals surface area contributed by atoms with E-state index in [1.807, 2.05) is 6.92 Å². The van der Waals surface area contributed by atoms with Crippen molar-refractivity contribution in [1.29, 1.82) is 0 Å². The Labute approximate surface area is 85.6 Å². The summed E-state index contributed by atoms with van der Waals surface area (Å²) in [5, 5.41) is 15.6. The summed E-state index contributed by atoms with van der Waals surface area (Å²) >= 11 is 0. The quantitative estimate of drug-likeness (QED) is 0.758. The van der Waals surface area contributed by atoms with Gasteiger partial charge in [0.1, 0.15) is 5.82 Å². The molecule has 0 unspecified atom stereocenters. The van der Waals surface area contributed by atoms with Gasteiger partial charge in [-0.1, -0.05) is 0 Å². The number of nitrogens with one attached hydrogen (secondary N) is 1. The van der Waals surface area contributed by atoms with Gasteiger partial charge in [-0.25, -0.2) is 9.78 Å². The predicted molar refractivity (Wildman–Crippen MR) is 54.2 cm³/mol. The summed E-state index contributed by atoms with van der Waals surface area (Å²) in [6, 6.07) is 3.24. The van der Waals surface area contributed by atoms with Crippen LogP contribution < -0.4 is 5.32 Å². The topological polar surface area (TPSA) is 79.5 Å². The van der Waals surface area contributed by atoms with E-state index in [1.165, 1.54) is 10.6 Å². The molecule has 0 saturated heterocycles. The number of aryl methyl sites for hydroxylation is 1. The number of rotatable bonds is 2. The molecule has 15 heavy (non-hydrogen) atoms. The monoisotopic (exact) mass is 206 g/mol. The van der Waals surface area contributed by atoms with E-state index in [0.29, 0.717) is 11.5 Å². The molecule has 2 aromatic rings. The van der Waals surface area contributed by atoms with Crippen LogP contribution in [0.2, 0.25) is 0 Å². The molecular weight excluding hydrogens is 196 g/mol. The van der Waals surface area contributed by atoms with E-state index in [4.69, 9.17) is 5.11 Å². The Morgan fingerprint density at radius 1 is 1.53 bits per heavy atom. The lowest BCUT2D eigenvalue weighted by molar-refractivity contribution is 0.0690. The largest absolute Gasteiger partial charge is 0.476 e. The van der Waals surface area contributed by atoms with Crippen molar-refractivity contribution in [1.82, 2.24) is 14.6 Å². The molecule has 0 atom stereocenters. The van der Waals surface area contributed by atoms with Crippen molar-refractivity contribution in [2.24, 2.45) is 0 Å². The summed E-state index contributed by atoms with van der Waals surface area (Å²) in [5.41, 5.74) is 1.32. The molecule has 0 radical (unpaired) electrons. The number of anilines is 1. The van der Waals surface area contributed by atoms with Crippen molar-refractivity contribution in [3.8, 4) is 0 Å². The van der Waals surface area contributed by atoms with Crippen LogP contribution in [0, 0.1) is 6.92 Å². The zero-order valence-corrected chi connectivity index (χ0v) is 8.35. The highest BCUT2D eigenvalue weighted by Crippen LogP contribution is 2.13. The number of fused-ring (bicyclic) bond motifs is 1. The zero-order valence-electron chi connectivity index (χ0n) is 8.35. The first kappa shape index (κ1) is 9.45. The maximum atomic E-state index is 10.7. The first-order chi connectivity index (χ1) is 7.11. The average Bonchev–Trinajstić information content (AvgIpc) is 2.59. The third-order valence-corrected chi connectivity index (χ3v) is 2.03. The van der Waals surface area contributed by atoms with Crippen molar-refractivity contribution in [3.63, 3.8) is 0 Å². The van der Waals surface area contributed by atoms with Gasteiger partial charge in [-0.2, -0.15) is 9.61 Å². The van der Waals surface area contributed by atoms with Gasteiger partial charge in [0.2, 0.25) is 0 Å². The molecule has 0 aliphatic heterocycles. The summed E-state index contributed by atoms with van der Waals surface area (Å²) in [6.07, 6.45) is 0. The van der Waals surface area contributed by atoms with E-state index in [-0.39, 0.29) is 5.69 Å². The van der Waals surface area contributed by atoms with Gasteiger partial charge in [-0.3, -0.25) is 0 Å². The molecular formula is C9H10N4O2. The van der Waals surface area contributed by atoms with E-state index in [9.17, 15) is 4.79 Å². The number of carboxylic acids is 1. The van der Waals surface area contributed by atoms with Crippen LogP contribution in [-0.2, 0) is 0 Å². The minimum atomic E-state index is -1.06. The molecule has 2 aromatic heterocycles. The van der Waals surface area contributed by atoms with Crippen molar-refractivity contribution in [3.05, 3.63) is 23.5 Å². The van der Waals surface area contributed by atoms with Crippen LogP contribution in [0.25, 0.3) is 5.65 Å². The highest BCUT2D eigenvalue weighted by molar-refractivity contribution is 5.86. The molecule has 0 aliphatic rings. The van der Waals surface area contributed by atoms with E-state index >= 15 is 0 Å². The van der Waals surface area contributed by atoms with Crippen molar-refractivity contribution < 1.29 is 9.90 Å². The molecule has 0 spiro atoms. The van der Waals surface area contributed by atoms with E-state index in [1.54, 1.807) is 13.1 Å². The van der Waals surface area contributed by atoms with Gasteiger partial charge in [0.05, 0.1) is 0 Å². The van der Waals surface area contributed by atoms with E-state index in [0.717, 1.165) is 5.69 Å². The fourth-order valence-corrected chi connectivity index (χ4v) is 1.38. The van der Waals surface area contributed by atoms with Crippen LogP contribution >= 0.6 is 0 Å². The molecule has 0 amide bonds. The molecule has 2 heterocycles. The SMILES string of the molecule is CNc1cc(C)nc2cc(C(=O)O)nn12. The normalized spacial score (nSPS) is 10.5. The fraction of sp³-hybridized carbons (Fsp3) is 0.222. The Hall–Kier alpha value is -2.11. The molecule has 2 N–H and O–H groups in total. The predicted octanol–water partition coefficient (Wildman–Crippen LogP) is 0.778. The van der Waals surface area contributed by atoms with Crippen molar-refractivity contribution in [2.45, 2.75) is 6.92 Å². The number of aromatic nitrogens is 3. The maximum absolute atomic E-state index is 10.7. The van der Waals surface area contributed by atoms with Gasteiger partial charge in [-0.05, 0) is 6.92 Å². The van der Waals surface area contributed by atoms with Gasteiger partial charge >= 0.3 is 5.97 Å². The zero-order chi connectivity index (χ0) is 11.0.